The average molecular weight is 495 g/mol. The molecule has 0 amide bonds. The zero-order chi connectivity index (χ0) is 23.0. The molecule has 1 aliphatic carbocycles. The van der Waals surface area contributed by atoms with E-state index in [1.165, 1.54) is 0 Å². The first-order chi connectivity index (χ1) is 15.2. The number of anilines is 2. The molecule has 0 aliphatic heterocycles. The van der Waals surface area contributed by atoms with Crippen LogP contribution in [0, 0.1) is 12.3 Å². The monoisotopic (exact) mass is 494 g/mol. The van der Waals surface area contributed by atoms with E-state index in [4.69, 9.17) is 0 Å². The largest absolute Gasteiger partial charge is 0.480 e. The van der Waals surface area contributed by atoms with Crippen molar-refractivity contribution in [3.05, 3.63) is 70.2 Å². The molecule has 7 nitrogen and oxygen atoms in total. The van der Waals surface area contributed by atoms with E-state index in [2.05, 4.69) is 36.5 Å². The summed E-state index contributed by atoms with van der Waals surface area (Å²) >= 11 is 3.25. The molecule has 2 aromatic heterocycles. The first-order valence-electron chi connectivity index (χ1n) is 10.2. The minimum atomic E-state index is -0.974. The third-order valence-electron chi connectivity index (χ3n) is 5.65. The van der Waals surface area contributed by atoms with Crippen LogP contribution in [0.25, 0.3) is 10.8 Å². The lowest BCUT2D eigenvalue weighted by Gasteiger charge is -2.38. The quantitative estimate of drug-likeness (QED) is 0.444. The molecule has 4 rings (SSSR count). The summed E-state index contributed by atoms with van der Waals surface area (Å²) in [7, 11) is 0. The van der Waals surface area contributed by atoms with Gasteiger partial charge in [-0.05, 0) is 71.9 Å². The Morgan fingerprint density at radius 3 is 2.59 bits per heavy atom. The molecule has 0 fully saturated rings. The molecule has 0 spiro atoms. The molecule has 3 N–H and O–H groups in total. The van der Waals surface area contributed by atoms with Crippen LogP contribution in [0.15, 0.2) is 59.0 Å². The van der Waals surface area contributed by atoms with Gasteiger partial charge in [0.25, 0.3) is 0 Å². The van der Waals surface area contributed by atoms with Gasteiger partial charge in [0.05, 0.1) is 9.90 Å². The lowest BCUT2D eigenvalue weighted by molar-refractivity contribution is -0.139. The zero-order valence-corrected chi connectivity index (χ0v) is 19.5. The number of pyridine rings is 2. The lowest BCUT2D eigenvalue weighted by Crippen LogP contribution is -2.50. The average Bonchev–Trinajstić information content (AvgIpc) is 2.76. The summed E-state index contributed by atoms with van der Waals surface area (Å²) in [5, 5.41) is 18.0. The van der Waals surface area contributed by atoms with Crippen molar-refractivity contribution in [3.8, 4) is 0 Å². The van der Waals surface area contributed by atoms with Crippen molar-refractivity contribution in [2.45, 2.75) is 33.2 Å². The van der Waals surface area contributed by atoms with Crippen LogP contribution in [0.2, 0.25) is 0 Å². The fourth-order valence-corrected chi connectivity index (χ4v) is 4.85. The number of allylic oxidation sites excluding steroid dienone is 2. The highest BCUT2D eigenvalue weighted by molar-refractivity contribution is 9.12. The van der Waals surface area contributed by atoms with Crippen LogP contribution in [0.4, 0.5) is 11.5 Å². The van der Waals surface area contributed by atoms with Gasteiger partial charge in [-0.25, -0.2) is 9.78 Å². The number of nitrogens with one attached hydrogen (secondary N) is 2. The first-order valence-corrected chi connectivity index (χ1v) is 11.0. The summed E-state index contributed by atoms with van der Waals surface area (Å²) in [6.45, 7) is 5.50. The molecule has 32 heavy (non-hydrogen) atoms. The van der Waals surface area contributed by atoms with Gasteiger partial charge in [0.1, 0.15) is 11.9 Å². The van der Waals surface area contributed by atoms with Crippen molar-refractivity contribution in [3.63, 3.8) is 0 Å². The summed E-state index contributed by atoms with van der Waals surface area (Å²) in [5.74, 6) is -0.287. The Bertz CT molecular complexity index is 1250. The van der Waals surface area contributed by atoms with Gasteiger partial charge >= 0.3 is 5.97 Å². The van der Waals surface area contributed by atoms with Crippen LogP contribution < -0.4 is 10.6 Å². The van der Waals surface area contributed by atoms with Gasteiger partial charge in [0.15, 0.2) is 5.78 Å². The number of hydrogen-bond acceptors (Lipinski definition) is 6. The SMILES string of the molecule is Cc1cc2ccncc2c(Nc2ccc(C[C@H](NC3=C(Br)C(=O)C3(C)C)C(=O)O)cc2)n1. The molecule has 0 bridgehead atoms. The number of carbonyl (C=O) groups is 2. The summed E-state index contributed by atoms with van der Waals surface area (Å²) in [4.78, 5) is 32.6. The number of nitrogens with zero attached hydrogens (tertiary/aromatic N) is 2. The Hall–Kier alpha value is -3.26. The van der Waals surface area contributed by atoms with Crippen molar-refractivity contribution >= 4 is 50.0 Å². The maximum absolute atomic E-state index is 12.0. The van der Waals surface area contributed by atoms with Crippen LogP contribution in [0.1, 0.15) is 25.1 Å². The molecular weight excluding hydrogens is 472 g/mol. The predicted octanol–water partition coefficient (Wildman–Crippen LogP) is 4.48. The highest BCUT2D eigenvalue weighted by atomic mass is 79.9. The van der Waals surface area contributed by atoms with Gasteiger partial charge in [-0.2, -0.15) is 0 Å². The molecule has 0 saturated heterocycles. The summed E-state index contributed by atoms with van der Waals surface area (Å²) < 4.78 is 0.417. The second-order valence-corrected chi connectivity index (χ2v) is 9.21. The second kappa shape index (κ2) is 8.35. The summed E-state index contributed by atoms with van der Waals surface area (Å²) in [6, 6.07) is 10.7. The number of aromatic nitrogens is 2. The number of aryl methyl sites for hydroxylation is 1. The lowest BCUT2D eigenvalue weighted by atomic mass is 9.74. The number of Topliss-reactive ketones (excluding diaryl/α,β-unsaturated/α-hetero) is 1. The van der Waals surface area contributed by atoms with E-state index in [1.54, 1.807) is 26.2 Å². The van der Waals surface area contributed by atoms with Gasteiger partial charge in [0.2, 0.25) is 0 Å². The predicted molar refractivity (Wildman–Crippen MR) is 127 cm³/mol. The van der Waals surface area contributed by atoms with Gasteiger partial charge in [-0.1, -0.05) is 12.1 Å². The van der Waals surface area contributed by atoms with E-state index < -0.39 is 17.4 Å². The fraction of sp³-hybridized carbons (Fsp3) is 0.250. The summed E-state index contributed by atoms with van der Waals surface area (Å²) in [6.07, 6.45) is 3.81. The minimum absolute atomic E-state index is 0.0351. The molecular formula is C24H23BrN4O3. The number of aliphatic carboxylic acids is 1. The third-order valence-corrected chi connectivity index (χ3v) is 6.40. The van der Waals surface area contributed by atoms with E-state index in [1.807, 2.05) is 43.3 Å². The summed E-state index contributed by atoms with van der Waals surface area (Å²) in [5.41, 5.74) is 2.52. The van der Waals surface area contributed by atoms with Crippen LogP contribution in [-0.2, 0) is 16.0 Å². The van der Waals surface area contributed by atoms with Crippen molar-refractivity contribution in [2.75, 3.05) is 5.32 Å². The van der Waals surface area contributed by atoms with Crippen molar-refractivity contribution < 1.29 is 14.7 Å². The molecule has 0 saturated carbocycles. The fourth-order valence-electron chi connectivity index (χ4n) is 3.75. The minimum Gasteiger partial charge on any atom is -0.480 e. The maximum atomic E-state index is 12.0. The van der Waals surface area contributed by atoms with Crippen LogP contribution in [-0.4, -0.2) is 32.9 Å². The number of carboxylic acids is 1. The number of rotatable bonds is 7. The number of carboxylic acid groups (broad SMARTS) is 1. The molecule has 1 aliphatic rings. The molecule has 3 aromatic rings. The molecule has 1 aromatic carbocycles. The van der Waals surface area contributed by atoms with Crippen molar-refractivity contribution in [2.24, 2.45) is 5.41 Å². The molecule has 2 heterocycles. The van der Waals surface area contributed by atoms with E-state index >= 15 is 0 Å². The number of hydrogen-bond donors (Lipinski definition) is 3. The maximum Gasteiger partial charge on any atom is 0.326 e. The van der Waals surface area contributed by atoms with Crippen LogP contribution >= 0.6 is 15.9 Å². The molecule has 164 valence electrons. The van der Waals surface area contributed by atoms with E-state index in [0.29, 0.717) is 10.2 Å². The Morgan fingerprint density at radius 1 is 1.22 bits per heavy atom. The second-order valence-electron chi connectivity index (χ2n) is 8.41. The van der Waals surface area contributed by atoms with Crippen molar-refractivity contribution in [1.82, 2.24) is 15.3 Å². The van der Waals surface area contributed by atoms with Crippen LogP contribution in [0.3, 0.4) is 0 Å². The zero-order valence-electron chi connectivity index (χ0n) is 17.9. The molecule has 0 radical (unpaired) electrons. The topological polar surface area (TPSA) is 104 Å². The van der Waals surface area contributed by atoms with Crippen molar-refractivity contribution in [1.29, 1.82) is 0 Å². The Kier molecular flexibility index (Phi) is 5.73. The normalized spacial score (nSPS) is 15.9. The number of benzene rings is 1. The van der Waals surface area contributed by atoms with Gasteiger partial charge in [0, 0.05) is 41.3 Å². The Labute approximate surface area is 194 Å². The van der Waals surface area contributed by atoms with E-state index in [-0.39, 0.29) is 12.2 Å². The van der Waals surface area contributed by atoms with Gasteiger partial charge in [-0.15, -0.1) is 0 Å². The number of halogens is 1. The third kappa shape index (κ3) is 4.10. The Morgan fingerprint density at radius 2 is 1.94 bits per heavy atom. The highest BCUT2D eigenvalue weighted by Crippen LogP contribution is 2.43. The van der Waals surface area contributed by atoms with E-state index in [9.17, 15) is 14.7 Å². The van der Waals surface area contributed by atoms with Crippen LogP contribution in [0.5, 0.6) is 0 Å². The standard InChI is InChI=1S/C24H23BrN4O3/c1-13-10-15-8-9-26-12-17(15)22(27-13)28-16-6-4-14(5-7-16)11-18(23(31)32)29-20-19(25)21(30)24(20,2)3/h4-10,12,18,29H,11H2,1-3H3,(H,27,28)(H,31,32)/t18-/m0/s1. The highest BCUT2D eigenvalue weighted by Gasteiger charge is 2.46. The first kappa shape index (κ1) is 22.0. The van der Waals surface area contributed by atoms with Gasteiger partial charge in [-0.3, -0.25) is 9.78 Å². The molecule has 8 heteroatoms. The molecule has 0 unspecified atom stereocenters. The smallest absolute Gasteiger partial charge is 0.326 e. The number of ketones is 1. The number of carbonyl (C=O) groups excluding carboxylic acids is 1. The Balaban J connectivity index is 1.50. The van der Waals surface area contributed by atoms with Gasteiger partial charge < -0.3 is 15.7 Å². The molecule has 1 atom stereocenters. The van der Waals surface area contributed by atoms with E-state index in [0.717, 1.165) is 33.5 Å². The number of fused-ring (bicyclic) bond motifs is 1.